The number of hydrogen-bond acceptors (Lipinski definition) is 3. The van der Waals surface area contributed by atoms with Crippen molar-refractivity contribution in [3.63, 3.8) is 0 Å². The molecule has 0 fully saturated rings. The molecule has 0 aromatic heterocycles. The van der Waals surface area contributed by atoms with Crippen molar-refractivity contribution >= 4 is 0 Å². The first kappa shape index (κ1) is 28.0. The monoisotopic (exact) mass is 462 g/mol. The van der Waals surface area contributed by atoms with Crippen molar-refractivity contribution in [1.82, 2.24) is 0 Å². The van der Waals surface area contributed by atoms with Gasteiger partial charge in [-0.1, -0.05) is 20.3 Å². The van der Waals surface area contributed by atoms with E-state index in [-0.39, 0.29) is 6.42 Å². The Balaban J connectivity index is 6.18. The van der Waals surface area contributed by atoms with Crippen LogP contribution in [0.25, 0.3) is 0 Å². The fourth-order valence-corrected chi connectivity index (χ4v) is 2.05. The molecule has 3 nitrogen and oxygen atoms in total. The van der Waals surface area contributed by atoms with Crippen molar-refractivity contribution in [2.45, 2.75) is 75.1 Å². The Morgan fingerprint density at radius 3 is 1.14 bits per heavy atom. The van der Waals surface area contributed by atoms with E-state index in [1.165, 1.54) is 13.8 Å². The zero-order chi connectivity index (χ0) is 23.7. The van der Waals surface area contributed by atoms with E-state index in [2.05, 4.69) is 4.74 Å². The van der Waals surface area contributed by atoms with Crippen LogP contribution in [-0.2, 0) is 4.74 Å². The van der Waals surface area contributed by atoms with E-state index < -0.39 is 67.4 Å². The molecule has 0 saturated carbocycles. The Bertz CT molecular complexity index is 452. The lowest BCUT2D eigenvalue weighted by Gasteiger charge is -2.39. The second kappa shape index (κ2) is 8.65. The minimum absolute atomic E-state index is 0.165. The van der Waals surface area contributed by atoms with Gasteiger partial charge >= 0.3 is 24.7 Å². The van der Waals surface area contributed by atoms with E-state index in [1.54, 1.807) is 0 Å². The number of halogens is 12. The predicted octanol–water partition coefficient (Wildman–Crippen LogP) is 4.91. The maximum absolute atomic E-state index is 12.8. The zero-order valence-electron chi connectivity index (χ0n) is 14.8. The van der Waals surface area contributed by atoms with Gasteiger partial charge in [0.1, 0.15) is 0 Å². The molecule has 0 heterocycles. The number of alkyl halides is 12. The van der Waals surface area contributed by atoms with Crippen LogP contribution in [0.4, 0.5) is 52.7 Å². The highest BCUT2D eigenvalue weighted by molar-refractivity contribution is 5.01. The number of ether oxygens (including phenoxy) is 1. The lowest BCUT2D eigenvalue weighted by Crippen LogP contribution is -2.62. The summed E-state index contributed by atoms with van der Waals surface area (Å²) in [4.78, 5) is 0. The standard InChI is InChI=1S/C14H18F12O3/c1-3-7(2)6-29-8(4-9(27,11(15,16)17)12(18,19)20)5-10(28,13(21,22)23)14(24,25)26/h7-8,27-28H,3-6H2,1-2H3. The summed E-state index contributed by atoms with van der Waals surface area (Å²) < 4.78 is 158. The van der Waals surface area contributed by atoms with Gasteiger partial charge in [-0.15, -0.1) is 0 Å². The fraction of sp³-hybridized carbons (Fsp3) is 1.00. The summed E-state index contributed by atoms with van der Waals surface area (Å²) >= 11 is 0. The van der Waals surface area contributed by atoms with Crippen molar-refractivity contribution in [2.24, 2.45) is 5.92 Å². The molecule has 0 aromatic carbocycles. The topological polar surface area (TPSA) is 49.7 Å². The molecular formula is C14H18F12O3. The summed E-state index contributed by atoms with van der Waals surface area (Å²) in [7, 11) is 0. The molecule has 0 spiro atoms. The van der Waals surface area contributed by atoms with Crippen molar-refractivity contribution < 1.29 is 67.6 Å². The summed E-state index contributed by atoms with van der Waals surface area (Å²) in [5, 5.41) is 18.2. The Hall–Kier alpha value is -0.960. The molecular weight excluding hydrogens is 444 g/mol. The Kier molecular flexibility index (Phi) is 8.36. The smallest absolute Gasteiger partial charge is 0.378 e. The number of aliphatic hydroxyl groups is 2. The third-order valence-corrected chi connectivity index (χ3v) is 4.24. The summed E-state index contributed by atoms with van der Waals surface area (Å²) in [6.45, 7) is 1.93. The van der Waals surface area contributed by atoms with E-state index in [0.29, 0.717) is 0 Å². The molecule has 0 radical (unpaired) electrons. The van der Waals surface area contributed by atoms with E-state index in [0.717, 1.165) is 0 Å². The van der Waals surface area contributed by atoms with Gasteiger partial charge in [0.15, 0.2) is 0 Å². The van der Waals surface area contributed by atoms with E-state index in [9.17, 15) is 52.7 Å². The molecule has 1 unspecified atom stereocenters. The van der Waals surface area contributed by atoms with Crippen molar-refractivity contribution in [3.05, 3.63) is 0 Å². The van der Waals surface area contributed by atoms with Gasteiger partial charge in [-0.3, -0.25) is 0 Å². The molecule has 0 aliphatic rings. The molecule has 0 amide bonds. The lowest BCUT2D eigenvalue weighted by atomic mass is 9.86. The van der Waals surface area contributed by atoms with Crippen LogP contribution in [0.3, 0.4) is 0 Å². The van der Waals surface area contributed by atoms with Crippen molar-refractivity contribution in [1.29, 1.82) is 0 Å². The molecule has 176 valence electrons. The van der Waals surface area contributed by atoms with Gasteiger partial charge in [-0.2, -0.15) is 52.7 Å². The SMILES string of the molecule is CCC(C)COC(CC(O)(C(F)(F)F)C(F)(F)F)CC(O)(C(F)(F)F)C(F)(F)F. The Morgan fingerprint density at radius 1 is 0.655 bits per heavy atom. The van der Waals surface area contributed by atoms with Gasteiger partial charge in [-0.05, 0) is 5.92 Å². The minimum atomic E-state index is -6.50. The quantitative estimate of drug-likeness (QED) is 0.505. The maximum atomic E-state index is 12.8. The van der Waals surface area contributed by atoms with Crippen LogP contribution in [0.2, 0.25) is 0 Å². The van der Waals surface area contributed by atoms with Crippen LogP contribution in [0, 0.1) is 5.92 Å². The normalized spacial score (nSPS) is 16.4. The van der Waals surface area contributed by atoms with E-state index in [1.807, 2.05) is 0 Å². The fourth-order valence-electron chi connectivity index (χ4n) is 2.05. The highest BCUT2D eigenvalue weighted by atomic mass is 19.4. The minimum Gasteiger partial charge on any atom is -0.378 e. The highest BCUT2D eigenvalue weighted by Crippen LogP contribution is 2.50. The van der Waals surface area contributed by atoms with E-state index in [4.69, 9.17) is 10.2 Å². The molecule has 15 heteroatoms. The molecule has 0 rings (SSSR count). The summed E-state index contributed by atoms with van der Waals surface area (Å²) in [6, 6.07) is 0. The largest absolute Gasteiger partial charge is 0.426 e. The Labute approximate surface area is 156 Å². The van der Waals surface area contributed by atoms with Crippen molar-refractivity contribution in [3.8, 4) is 0 Å². The predicted molar refractivity (Wildman–Crippen MR) is 72.5 cm³/mol. The molecule has 0 aliphatic heterocycles. The highest BCUT2D eigenvalue weighted by Gasteiger charge is 2.74. The van der Waals surface area contributed by atoms with Crippen LogP contribution in [0.15, 0.2) is 0 Å². The molecule has 29 heavy (non-hydrogen) atoms. The third kappa shape index (κ3) is 6.26. The van der Waals surface area contributed by atoms with Gasteiger partial charge in [0.05, 0.1) is 6.10 Å². The molecule has 0 aromatic rings. The van der Waals surface area contributed by atoms with Crippen LogP contribution in [0.5, 0.6) is 0 Å². The molecule has 1 atom stereocenters. The lowest BCUT2D eigenvalue weighted by molar-refractivity contribution is -0.387. The zero-order valence-corrected chi connectivity index (χ0v) is 14.8. The molecule has 0 aliphatic carbocycles. The molecule has 0 bridgehead atoms. The first-order chi connectivity index (χ1) is 12.5. The van der Waals surface area contributed by atoms with Crippen LogP contribution in [0.1, 0.15) is 33.1 Å². The van der Waals surface area contributed by atoms with Gasteiger partial charge in [0.25, 0.3) is 11.2 Å². The van der Waals surface area contributed by atoms with Crippen LogP contribution >= 0.6 is 0 Å². The van der Waals surface area contributed by atoms with E-state index >= 15 is 0 Å². The third-order valence-electron chi connectivity index (χ3n) is 4.24. The Morgan fingerprint density at radius 2 is 0.931 bits per heavy atom. The van der Waals surface area contributed by atoms with Crippen molar-refractivity contribution in [2.75, 3.05) is 6.61 Å². The number of rotatable bonds is 8. The summed E-state index contributed by atoms with van der Waals surface area (Å²) in [5.74, 6) is -0.674. The van der Waals surface area contributed by atoms with Gasteiger partial charge in [-0.25, -0.2) is 0 Å². The first-order valence-electron chi connectivity index (χ1n) is 7.86. The van der Waals surface area contributed by atoms with Crippen LogP contribution < -0.4 is 0 Å². The first-order valence-corrected chi connectivity index (χ1v) is 7.86. The van der Waals surface area contributed by atoms with Crippen LogP contribution in [-0.4, -0.2) is 58.8 Å². The van der Waals surface area contributed by atoms with Gasteiger partial charge < -0.3 is 14.9 Å². The average molecular weight is 462 g/mol. The second-order valence-corrected chi connectivity index (χ2v) is 6.59. The average Bonchev–Trinajstić information content (AvgIpc) is 2.47. The maximum Gasteiger partial charge on any atom is 0.426 e. The van der Waals surface area contributed by atoms with Gasteiger partial charge in [0, 0.05) is 19.4 Å². The second-order valence-electron chi connectivity index (χ2n) is 6.59. The molecule has 0 saturated heterocycles. The number of hydrogen-bond donors (Lipinski definition) is 2. The summed E-state index contributed by atoms with van der Waals surface area (Å²) in [6.07, 6.45) is -34.4. The molecule has 2 N–H and O–H groups in total. The van der Waals surface area contributed by atoms with Gasteiger partial charge in [0.2, 0.25) is 0 Å². The summed E-state index contributed by atoms with van der Waals surface area (Å²) in [5.41, 5.74) is -11.3.